The minimum Gasteiger partial charge on any atom is -0.475 e. The monoisotopic (exact) mass is 281 g/mol. The molecule has 0 saturated heterocycles. The third-order valence-corrected chi connectivity index (χ3v) is 2.55. The topological polar surface area (TPSA) is 74.2 Å². The molecule has 1 N–H and O–H groups in total. The van der Waals surface area contributed by atoms with E-state index < -0.39 is 17.7 Å². The summed E-state index contributed by atoms with van der Waals surface area (Å²) in [6.07, 6.45) is -4.56. The molecule has 0 radical (unpaired) electrons. The van der Waals surface area contributed by atoms with E-state index in [1.165, 1.54) is 6.07 Å². The molecule has 4 nitrogen and oxygen atoms in total. The van der Waals surface area contributed by atoms with Crippen molar-refractivity contribution >= 4 is 5.97 Å². The Morgan fingerprint density at radius 3 is 2.45 bits per heavy atom. The first-order valence-electron chi connectivity index (χ1n) is 5.28. The third-order valence-electron chi connectivity index (χ3n) is 2.55. The molecule has 0 aliphatic heterocycles. The second-order valence-electron chi connectivity index (χ2n) is 3.84. The van der Waals surface area contributed by atoms with Crippen LogP contribution in [0.5, 0.6) is 0 Å². The highest BCUT2D eigenvalue weighted by molar-refractivity contribution is 5.85. The lowest BCUT2D eigenvalue weighted by molar-refractivity contribution is -0.137. The largest absolute Gasteiger partial charge is 0.475 e. The predicted molar refractivity (Wildman–Crippen MR) is 60.8 cm³/mol. The van der Waals surface area contributed by atoms with Crippen molar-refractivity contribution in [1.29, 1.82) is 5.26 Å². The summed E-state index contributed by atoms with van der Waals surface area (Å²) in [6.45, 7) is 0. The summed E-state index contributed by atoms with van der Waals surface area (Å²) in [5, 5.41) is 17.6. The van der Waals surface area contributed by atoms with Crippen LogP contribution in [-0.4, -0.2) is 11.1 Å². The summed E-state index contributed by atoms with van der Waals surface area (Å²) < 4.78 is 42.6. The number of carboxylic acids is 1. The van der Waals surface area contributed by atoms with E-state index in [9.17, 15) is 18.0 Å². The van der Waals surface area contributed by atoms with Gasteiger partial charge in [0.05, 0.1) is 17.2 Å². The minimum atomic E-state index is -4.56. The Balaban J connectivity index is 2.52. The van der Waals surface area contributed by atoms with Gasteiger partial charge in [-0.1, -0.05) is 0 Å². The molecule has 1 aromatic heterocycles. The van der Waals surface area contributed by atoms with Crippen molar-refractivity contribution in [2.45, 2.75) is 6.18 Å². The summed E-state index contributed by atoms with van der Waals surface area (Å²) in [5.41, 5.74) is -1.10. The maximum Gasteiger partial charge on any atom is 0.416 e. The van der Waals surface area contributed by atoms with Crippen LogP contribution < -0.4 is 0 Å². The molecule has 0 amide bonds. The summed E-state index contributed by atoms with van der Waals surface area (Å²) >= 11 is 0. The fourth-order valence-electron chi connectivity index (χ4n) is 1.63. The lowest BCUT2D eigenvalue weighted by Gasteiger charge is -2.08. The Labute approximate surface area is 110 Å². The normalized spacial score (nSPS) is 11.1. The predicted octanol–water partition coefficient (Wildman–Crippen LogP) is 3.54. The van der Waals surface area contributed by atoms with E-state index in [1.807, 2.05) is 0 Å². The molecule has 1 aromatic carbocycles. The van der Waals surface area contributed by atoms with Crippen LogP contribution in [0.15, 0.2) is 34.7 Å². The standard InChI is InChI=1S/C13H6F3NO3/c14-13(15,16)8-1-2-9(7(5-8)6-17)10-3-4-11(20-10)12(18)19/h1-5H,(H,18,19). The van der Waals surface area contributed by atoms with Gasteiger partial charge in [-0.2, -0.15) is 18.4 Å². The van der Waals surface area contributed by atoms with Gasteiger partial charge in [-0.15, -0.1) is 0 Å². The molecule has 0 fully saturated rings. The van der Waals surface area contributed by atoms with Gasteiger partial charge in [-0.05, 0) is 30.3 Å². The number of benzene rings is 1. The van der Waals surface area contributed by atoms with Gasteiger partial charge in [0.1, 0.15) is 5.76 Å². The number of aromatic carboxylic acids is 1. The van der Waals surface area contributed by atoms with Gasteiger partial charge >= 0.3 is 12.1 Å². The third kappa shape index (κ3) is 2.49. The van der Waals surface area contributed by atoms with E-state index in [0.29, 0.717) is 6.07 Å². The number of furan rings is 1. The molecule has 0 bridgehead atoms. The number of carboxylic acid groups (broad SMARTS) is 1. The first-order chi connectivity index (χ1) is 9.32. The van der Waals surface area contributed by atoms with Crippen LogP contribution in [0.3, 0.4) is 0 Å². The molecule has 0 atom stereocenters. The maximum absolute atomic E-state index is 12.5. The second kappa shape index (κ2) is 4.74. The molecule has 0 spiro atoms. The molecule has 2 aromatic rings. The van der Waals surface area contributed by atoms with Crippen LogP contribution in [0.25, 0.3) is 11.3 Å². The molecular formula is C13H6F3NO3. The van der Waals surface area contributed by atoms with Gasteiger partial charge in [-0.3, -0.25) is 0 Å². The zero-order valence-corrected chi connectivity index (χ0v) is 9.73. The van der Waals surface area contributed by atoms with Gasteiger partial charge in [-0.25, -0.2) is 4.79 Å². The number of nitriles is 1. The van der Waals surface area contributed by atoms with Crippen molar-refractivity contribution in [1.82, 2.24) is 0 Å². The molecule has 0 saturated carbocycles. The molecule has 1 heterocycles. The van der Waals surface area contributed by atoms with E-state index in [2.05, 4.69) is 0 Å². The minimum absolute atomic E-state index is 0.0210. The zero-order chi connectivity index (χ0) is 14.9. The number of rotatable bonds is 2. The van der Waals surface area contributed by atoms with Crippen LogP contribution >= 0.6 is 0 Å². The Kier molecular flexibility index (Phi) is 3.24. The van der Waals surface area contributed by atoms with E-state index >= 15 is 0 Å². The first-order valence-corrected chi connectivity index (χ1v) is 5.28. The van der Waals surface area contributed by atoms with Gasteiger partial charge in [0, 0.05) is 5.56 Å². The molecule has 0 aliphatic rings. The molecule has 0 aliphatic carbocycles. The Bertz CT molecular complexity index is 710. The smallest absolute Gasteiger partial charge is 0.416 e. The van der Waals surface area contributed by atoms with Crippen molar-refractivity contribution in [3.63, 3.8) is 0 Å². The number of carbonyl (C=O) groups is 1. The summed E-state index contributed by atoms with van der Waals surface area (Å²) in [5.74, 6) is -1.64. The lowest BCUT2D eigenvalue weighted by Crippen LogP contribution is -2.05. The SMILES string of the molecule is N#Cc1cc(C(F)(F)F)ccc1-c1ccc(C(=O)O)o1. The van der Waals surface area contributed by atoms with Crippen LogP contribution in [0, 0.1) is 11.3 Å². The van der Waals surface area contributed by atoms with E-state index in [1.54, 1.807) is 6.07 Å². The molecule has 20 heavy (non-hydrogen) atoms. The van der Waals surface area contributed by atoms with Gasteiger partial charge in [0.25, 0.3) is 0 Å². The van der Waals surface area contributed by atoms with E-state index in [4.69, 9.17) is 14.8 Å². The molecule has 0 unspecified atom stereocenters. The number of nitrogens with zero attached hydrogens (tertiary/aromatic N) is 1. The van der Waals surface area contributed by atoms with Crippen LogP contribution in [0.2, 0.25) is 0 Å². The van der Waals surface area contributed by atoms with Crippen molar-refractivity contribution < 1.29 is 27.5 Å². The molecule has 2 rings (SSSR count). The maximum atomic E-state index is 12.5. The van der Waals surface area contributed by atoms with Crippen LogP contribution in [0.1, 0.15) is 21.7 Å². The average molecular weight is 281 g/mol. The molecule has 7 heteroatoms. The van der Waals surface area contributed by atoms with Crippen LogP contribution in [0.4, 0.5) is 13.2 Å². The quantitative estimate of drug-likeness (QED) is 0.913. The number of halogens is 3. The highest BCUT2D eigenvalue weighted by atomic mass is 19.4. The van der Waals surface area contributed by atoms with Crippen molar-refractivity contribution in [2.75, 3.05) is 0 Å². The Morgan fingerprint density at radius 2 is 1.95 bits per heavy atom. The summed E-state index contributed by atoms with van der Waals surface area (Å²) in [6, 6.07) is 6.66. The molecular weight excluding hydrogens is 275 g/mol. The number of hydrogen-bond donors (Lipinski definition) is 1. The Morgan fingerprint density at radius 1 is 1.25 bits per heavy atom. The summed E-state index contributed by atoms with van der Waals surface area (Å²) in [4.78, 5) is 10.7. The van der Waals surface area contributed by atoms with E-state index in [0.717, 1.165) is 18.2 Å². The van der Waals surface area contributed by atoms with Gasteiger partial charge < -0.3 is 9.52 Å². The van der Waals surface area contributed by atoms with Crippen molar-refractivity contribution in [3.05, 3.63) is 47.2 Å². The first kappa shape index (κ1) is 13.7. The fourth-order valence-corrected chi connectivity index (χ4v) is 1.63. The average Bonchev–Trinajstić information content (AvgIpc) is 2.86. The number of hydrogen-bond acceptors (Lipinski definition) is 3. The molecule has 102 valence electrons. The lowest BCUT2D eigenvalue weighted by atomic mass is 10.0. The van der Waals surface area contributed by atoms with Gasteiger partial charge in [0.15, 0.2) is 0 Å². The van der Waals surface area contributed by atoms with Crippen molar-refractivity contribution in [2.24, 2.45) is 0 Å². The van der Waals surface area contributed by atoms with Crippen LogP contribution in [-0.2, 0) is 6.18 Å². The zero-order valence-electron chi connectivity index (χ0n) is 9.73. The van der Waals surface area contributed by atoms with Crippen molar-refractivity contribution in [3.8, 4) is 17.4 Å². The van der Waals surface area contributed by atoms with E-state index in [-0.39, 0.29) is 22.6 Å². The number of alkyl halides is 3. The Hall–Kier alpha value is -2.75. The highest BCUT2D eigenvalue weighted by Gasteiger charge is 2.31. The second-order valence-corrected chi connectivity index (χ2v) is 3.84. The van der Waals surface area contributed by atoms with Gasteiger partial charge in [0.2, 0.25) is 5.76 Å². The fraction of sp³-hybridized carbons (Fsp3) is 0.0769. The summed E-state index contributed by atoms with van der Waals surface area (Å²) in [7, 11) is 0. The highest BCUT2D eigenvalue weighted by Crippen LogP contribution is 2.33.